The molecule has 1 aromatic carbocycles. The van der Waals surface area contributed by atoms with E-state index in [1.807, 2.05) is 0 Å². The minimum Gasteiger partial charge on any atom is -0.365 e. The van der Waals surface area contributed by atoms with E-state index in [0.717, 1.165) is 10.4 Å². The molecule has 1 aromatic heterocycles. The highest BCUT2D eigenvalue weighted by molar-refractivity contribution is 7.17. The number of benzene rings is 1. The number of nitrogens with two attached hydrogens (primary N) is 1. The van der Waals surface area contributed by atoms with Crippen molar-refractivity contribution in [1.29, 1.82) is 0 Å². The van der Waals surface area contributed by atoms with Gasteiger partial charge in [-0.25, -0.2) is 4.39 Å². The molecule has 2 nitrogen and oxygen atoms in total. The maximum atomic E-state index is 12.7. The molecule has 0 aliphatic rings. The van der Waals surface area contributed by atoms with Crippen molar-refractivity contribution >= 4 is 17.2 Å². The third kappa shape index (κ3) is 2.05. The van der Waals surface area contributed by atoms with Gasteiger partial charge in [-0.2, -0.15) is 0 Å². The summed E-state index contributed by atoms with van der Waals surface area (Å²) in [5.41, 5.74) is 6.02. The molecule has 0 aliphatic carbocycles. The highest BCUT2D eigenvalue weighted by Crippen LogP contribution is 2.27. The van der Waals surface area contributed by atoms with E-state index in [4.69, 9.17) is 5.73 Å². The molecule has 15 heavy (non-hydrogen) atoms. The van der Waals surface area contributed by atoms with Crippen LogP contribution in [0.4, 0.5) is 4.39 Å². The summed E-state index contributed by atoms with van der Waals surface area (Å²) in [6.07, 6.45) is 0. The van der Waals surface area contributed by atoms with Crippen LogP contribution in [0.1, 0.15) is 9.67 Å². The quantitative estimate of drug-likeness (QED) is 0.832. The maximum Gasteiger partial charge on any atom is 0.258 e. The van der Waals surface area contributed by atoms with Gasteiger partial charge in [0.15, 0.2) is 0 Å². The van der Waals surface area contributed by atoms with E-state index in [0.29, 0.717) is 4.88 Å². The molecule has 0 unspecified atom stereocenters. The molecule has 2 rings (SSSR count). The van der Waals surface area contributed by atoms with Crippen LogP contribution in [0, 0.1) is 5.82 Å². The Kier molecular flexibility index (Phi) is 2.51. The second-order valence-corrected chi connectivity index (χ2v) is 4.12. The van der Waals surface area contributed by atoms with Crippen LogP contribution < -0.4 is 5.73 Å². The monoisotopic (exact) mass is 221 g/mol. The van der Waals surface area contributed by atoms with Crippen LogP contribution in [0.3, 0.4) is 0 Å². The van der Waals surface area contributed by atoms with Gasteiger partial charge in [0.05, 0.1) is 4.88 Å². The van der Waals surface area contributed by atoms with Crippen LogP contribution in [-0.4, -0.2) is 5.91 Å². The van der Waals surface area contributed by atoms with Crippen molar-refractivity contribution in [2.75, 3.05) is 0 Å². The molecule has 0 radical (unpaired) electrons. The number of rotatable bonds is 2. The van der Waals surface area contributed by atoms with Gasteiger partial charge in [0.1, 0.15) is 5.82 Å². The number of hydrogen-bond donors (Lipinski definition) is 1. The molecule has 0 saturated heterocycles. The standard InChI is InChI=1S/C11H8FNOS/c12-8-3-1-7(2-4-8)9-5-6-10(15-9)11(13)14/h1-6H,(H2,13,14). The van der Waals surface area contributed by atoms with Crippen molar-refractivity contribution < 1.29 is 9.18 Å². The number of thiophene rings is 1. The second-order valence-electron chi connectivity index (χ2n) is 3.04. The molecule has 0 aliphatic heterocycles. The van der Waals surface area contributed by atoms with Crippen molar-refractivity contribution in [1.82, 2.24) is 0 Å². The van der Waals surface area contributed by atoms with Gasteiger partial charge >= 0.3 is 0 Å². The normalized spacial score (nSPS) is 10.2. The Morgan fingerprint density at radius 3 is 2.33 bits per heavy atom. The van der Waals surface area contributed by atoms with Gasteiger partial charge in [0, 0.05) is 4.88 Å². The smallest absolute Gasteiger partial charge is 0.258 e. The molecule has 1 amide bonds. The summed E-state index contributed by atoms with van der Waals surface area (Å²) in [4.78, 5) is 12.3. The molecule has 2 N–H and O–H groups in total. The number of carbonyl (C=O) groups excluding carboxylic acids is 1. The molecule has 76 valence electrons. The number of amides is 1. The summed E-state index contributed by atoms with van der Waals surface area (Å²) < 4.78 is 12.7. The number of halogens is 1. The molecule has 0 spiro atoms. The van der Waals surface area contributed by atoms with Gasteiger partial charge in [0.25, 0.3) is 5.91 Å². The van der Waals surface area contributed by atoms with Gasteiger partial charge in [-0.1, -0.05) is 12.1 Å². The van der Waals surface area contributed by atoms with Gasteiger partial charge in [0.2, 0.25) is 0 Å². The van der Waals surface area contributed by atoms with E-state index in [1.165, 1.54) is 23.5 Å². The zero-order valence-corrected chi connectivity index (χ0v) is 8.55. The van der Waals surface area contributed by atoms with E-state index in [2.05, 4.69) is 0 Å². The minimum atomic E-state index is -0.437. The van der Waals surface area contributed by atoms with Gasteiger partial charge < -0.3 is 5.73 Å². The summed E-state index contributed by atoms with van der Waals surface area (Å²) in [7, 11) is 0. The lowest BCUT2D eigenvalue weighted by atomic mass is 10.2. The molecule has 0 fully saturated rings. The summed E-state index contributed by atoms with van der Waals surface area (Å²) in [5, 5.41) is 0. The summed E-state index contributed by atoms with van der Waals surface area (Å²) in [6.45, 7) is 0. The first-order valence-electron chi connectivity index (χ1n) is 4.32. The zero-order valence-electron chi connectivity index (χ0n) is 7.74. The van der Waals surface area contributed by atoms with Gasteiger partial charge in [-0.15, -0.1) is 11.3 Å². The minimum absolute atomic E-state index is 0.273. The Hall–Kier alpha value is -1.68. The van der Waals surface area contributed by atoms with E-state index in [9.17, 15) is 9.18 Å². The lowest BCUT2D eigenvalue weighted by molar-refractivity contribution is 0.100. The summed E-state index contributed by atoms with van der Waals surface area (Å²) >= 11 is 1.30. The Bertz CT molecular complexity index is 490. The Morgan fingerprint density at radius 2 is 1.80 bits per heavy atom. The molecule has 1 heterocycles. The van der Waals surface area contributed by atoms with E-state index < -0.39 is 5.91 Å². The molecular formula is C11H8FNOS. The third-order valence-corrected chi connectivity index (χ3v) is 3.13. The number of carbonyl (C=O) groups is 1. The molecule has 4 heteroatoms. The lowest BCUT2D eigenvalue weighted by Gasteiger charge is -1.95. The fraction of sp³-hybridized carbons (Fsp3) is 0. The molecule has 0 saturated carbocycles. The topological polar surface area (TPSA) is 43.1 Å². The second kappa shape index (κ2) is 3.82. The van der Waals surface area contributed by atoms with Crippen LogP contribution >= 0.6 is 11.3 Å². The fourth-order valence-corrected chi connectivity index (χ4v) is 2.10. The largest absolute Gasteiger partial charge is 0.365 e. The third-order valence-electron chi connectivity index (χ3n) is 1.98. The van der Waals surface area contributed by atoms with Crippen LogP contribution in [0.2, 0.25) is 0 Å². The first-order chi connectivity index (χ1) is 7.16. The number of primary amides is 1. The van der Waals surface area contributed by atoms with Crippen molar-refractivity contribution in [2.24, 2.45) is 5.73 Å². The summed E-state index contributed by atoms with van der Waals surface area (Å²) in [5.74, 6) is -0.709. The number of hydrogen-bond acceptors (Lipinski definition) is 2. The van der Waals surface area contributed by atoms with Gasteiger partial charge in [-0.05, 0) is 29.8 Å². The molecular weight excluding hydrogens is 213 g/mol. The highest BCUT2D eigenvalue weighted by atomic mass is 32.1. The molecule has 2 aromatic rings. The Labute approximate surface area is 90.2 Å². The van der Waals surface area contributed by atoms with Crippen LogP contribution in [0.15, 0.2) is 36.4 Å². The molecule has 0 atom stereocenters. The van der Waals surface area contributed by atoms with E-state index >= 15 is 0 Å². The highest BCUT2D eigenvalue weighted by Gasteiger charge is 2.06. The van der Waals surface area contributed by atoms with Crippen molar-refractivity contribution in [3.8, 4) is 10.4 Å². The Morgan fingerprint density at radius 1 is 1.13 bits per heavy atom. The average molecular weight is 221 g/mol. The first kappa shape index (κ1) is 9.86. The lowest BCUT2D eigenvalue weighted by Crippen LogP contribution is -2.07. The SMILES string of the molecule is NC(=O)c1ccc(-c2ccc(F)cc2)s1. The van der Waals surface area contributed by atoms with E-state index in [-0.39, 0.29) is 5.82 Å². The first-order valence-corrected chi connectivity index (χ1v) is 5.14. The van der Waals surface area contributed by atoms with Crippen LogP contribution in [0.25, 0.3) is 10.4 Å². The van der Waals surface area contributed by atoms with Crippen LogP contribution in [-0.2, 0) is 0 Å². The van der Waals surface area contributed by atoms with Crippen LogP contribution in [0.5, 0.6) is 0 Å². The predicted octanol–water partition coefficient (Wildman–Crippen LogP) is 2.65. The van der Waals surface area contributed by atoms with E-state index in [1.54, 1.807) is 24.3 Å². The molecule has 0 bridgehead atoms. The Balaban J connectivity index is 2.37. The van der Waals surface area contributed by atoms with Gasteiger partial charge in [-0.3, -0.25) is 4.79 Å². The average Bonchev–Trinajstić information content (AvgIpc) is 2.68. The fourth-order valence-electron chi connectivity index (χ4n) is 1.24. The zero-order chi connectivity index (χ0) is 10.8. The maximum absolute atomic E-state index is 12.7. The summed E-state index contributed by atoms with van der Waals surface area (Å²) in [6, 6.07) is 9.60. The van der Waals surface area contributed by atoms with Crippen molar-refractivity contribution in [3.63, 3.8) is 0 Å². The predicted molar refractivity (Wildman–Crippen MR) is 58.2 cm³/mol. The van der Waals surface area contributed by atoms with Crippen molar-refractivity contribution in [2.45, 2.75) is 0 Å². The van der Waals surface area contributed by atoms with Crippen molar-refractivity contribution in [3.05, 3.63) is 47.1 Å².